The van der Waals surface area contributed by atoms with E-state index in [-0.39, 0.29) is 18.2 Å². The molecule has 0 aliphatic carbocycles. The van der Waals surface area contributed by atoms with Crippen LogP contribution in [0.25, 0.3) is 0 Å². The fourth-order valence-corrected chi connectivity index (χ4v) is 4.79. The van der Waals surface area contributed by atoms with Crippen LogP contribution in [-0.4, -0.2) is 47.3 Å². The summed E-state index contributed by atoms with van der Waals surface area (Å²) in [6.45, 7) is 0.297. The average Bonchev–Trinajstić information content (AvgIpc) is 2.92. The number of halogens is 1. The highest BCUT2D eigenvalue weighted by Crippen LogP contribution is 2.31. The zero-order chi connectivity index (χ0) is 26.4. The van der Waals surface area contributed by atoms with Crippen LogP contribution >= 0.6 is 23.4 Å². The predicted molar refractivity (Wildman–Crippen MR) is 144 cm³/mol. The highest BCUT2D eigenvalue weighted by molar-refractivity contribution is 8.15. The van der Waals surface area contributed by atoms with Gasteiger partial charge >= 0.3 is 5.97 Å². The number of rotatable bonds is 7. The smallest absolute Gasteiger partial charge is 0.337 e. The minimum absolute atomic E-state index is 0.00648. The van der Waals surface area contributed by atoms with E-state index < -0.39 is 11.2 Å². The van der Waals surface area contributed by atoms with Crippen molar-refractivity contribution in [1.82, 2.24) is 4.90 Å². The molecule has 190 valence electrons. The molecule has 0 saturated carbocycles. The van der Waals surface area contributed by atoms with Gasteiger partial charge in [-0.15, -0.1) is 0 Å². The molecule has 37 heavy (non-hydrogen) atoms. The first-order valence-electron chi connectivity index (χ1n) is 11.3. The normalized spacial score (nSPS) is 16.4. The lowest BCUT2D eigenvalue weighted by atomic mass is 10.1. The maximum Gasteiger partial charge on any atom is 0.337 e. The number of amidine groups is 1. The topological polar surface area (TPSA) is 97.3 Å². The molecular formula is C27H24ClN3O5S. The molecule has 1 atom stereocenters. The Morgan fingerprint density at radius 1 is 1.03 bits per heavy atom. The SMILES string of the molecule is COC(=O)c1ccc(NC(=O)C2CC(=O)N(Cc3ccc(OC)cc3)C(=Nc3ccc(Cl)cc3)S2)cc1. The van der Waals surface area contributed by atoms with E-state index in [1.165, 1.54) is 18.9 Å². The largest absolute Gasteiger partial charge is 0.497 e. The number of aliphatic imine (C=N–C) groups is 1. The molecule has 2 amide bonds. The van der Waals surface area contributed by atoms with Gasteiger partial charge in [0.25, 0.3) is 0 Å². The zero-order valence-electron chi connectivity index (χ0n) is 20.1. The second-order valence-electron chi connectivity index (χ2n) is 8.07. The lowest BCUT2D eigenvalue weighted by Gasteiger charge is -2.32. The number of nitrogens with one attached hydrogen (secondary N) is 1. The summed E-state index contributed by atoms with van der Waals surface area (Å²) < 4.78 is 9.91. The number of anilines is 1. The van der Waals surface area contributed by atoms with Gasteiger partial charge in [0.2, 0.25) is 11.8 Å². The molecule has 0 bridgehead atoms. The van der Waals surface area contributed by atoms with Crippen LogP contribution < -0.4 is 10.1 Å². The Hall–Kier alpha value is -3.82. The first-order valence-corrected chi connectivity index (χ1v) is 12.6. The summed E-state index contributed by atoms with van der Waals surface area (Å²) in [6.07, 6.45) is 0.00648. The Labute approximate surface area is 223 Å². The number of esters is 1. The molecular weight excluding hydrogens is 514 g/mol. The molecule has 1 aliphatic rings. The van der Waals surface area contributed by atoms with Crippen LogP contribution in [0.3, 0.4) is 0 Å². The quantitative estimate of drug-likeness (QED) is 0.411. The second kappa shape index (κ2) is 11.9. The molecule has 0 radical (unpaired) electrons. The summed E-state index contributed by atoms with van der Waals surface area (Å²) >= 11 is 7.23. The van der Waals surface area contributed by atoms with Crippen molar-refractivity contribution in [2.45, 2.75) is 18.2 Å². The van der Waals surface area contributed by atoms with Gasteiger partial charge in [-0.3, -0.25) is 14.5 Å². The van der Waals surface area contributed by atoms with Gasteiger partial charge in [0.1, 0.15) is 11.0 Å². The number of methoxy groups -OCH3 is 2. The fourth-order valence-electron chi connectivity index (χ4n) is 3.57. The molecule has 4 rings (SSSR count). The molecule has 0 spiro atoms. The molecule has 3 aromatic carbocycles. The summed E-state index contributed by atoms with van der Waals surface area (Å²) in [5.74, 6) is -0.304. The number of hydrogen-bond donors (Lipinski definition) is 1. The minimum Gasteiger partial charge on any atom is -0.497 e. The van der Waals surface area contributed by atoms with E-state index in [0.29, 0.717) is 33.7 Å². The van der Waals surface area contributed by atoms with Gasteiger partial charge in [0.05, 0.1) is 32.0 Å². The summed E-state index contributed by atoms with van der Waals surface area (Å²) in [4.78, 5) is 44.2. The molecule has 1 unspecified atom stereocenters. The van der Waals surface area contributed by atoms with Crippen LogP contribution in [0.2, 0.25) is 5.02 Å². The van der Waals surface area contributed by atoms with Crippen molar-refractivity contribution < 1.29 is 23.9 Å². The number of hydrogen-bond acceptors (Lipinski definition) is 7. The number of carbonyl (C=O) groups is 3. The van der Waals surface area contributed by atoms with E-state index in [1.54, 1.807) is 60.5 Å². The van der Waals surface area contributed by atoms with Gasteiger partial charge < -0.3 is 14.8 Å². The second-order valence-corrected chi connectivity index (χ2v) is 9.67. The fraction of sp³-hybridized carbons (Fsp3) is 0.185. The lowest BCUT2D eigenvalue weighted by molar-refractivity contribution is -0.129. The van der Waals surface area contributed by atoms with Crippen LogP contribution in [0.15, 0.2) is 77.8 Å². The number of carbonyl (C=O) groups excluding carboxylic acids is 3. The Morgan fingerprint density at radius 2 is 1.70 bits per heavy atom. The zero-order valence-corrected chi connectivity index (χ0v) is 21.7. The van der Waals surface area contributed by atoms with Crippen LogP contribution in [0.4, 0.5) is 11.4 Å². The highest BCUT2D eigenvalue weighted by atomic mass is 35.5. The van der Waals surface area contributed by atoms with Crippen LogP contribution in [0.5, 0.6) is 5.75 Å². The van der Waals surface area contributed by atoms with Gasteiger partial charge in [0.15, 0.2) is 5.17 Å². The lowest BCUT2D eigenvalue weighted by Crippen LogP contribution is -2.44. The Morgan fingerprint density at radius 3 is 2.32 bits per heavy atom. The van der Waals surface area contributed by atoms with Crippen LogP contribution in [0, 0.1) is 0 Å². The van der Waals surface area contributed by atoms with Crippen molar-refractivity contribution in [3.05, 3.63) is 88.9 Å². The van der Waals surface area contributed by atoms with Crippen molar-refractivity contribution in [1.29, 1.82) is 0 Å². The van der Waals surface area contributed by atoms with Gasteiger partial charge in [-0.1, -0.05) is 35.5 Å². The third-order valence-electron chi connectivity index (χ3n) is 5.56. The molecule has 1 saturated heterocycles. The molecule has 0 aromatic heterocycles. The molecule has 3 aromatic rings. The van der Waals surface area contributed by atoms with E-state index in [9.17, 15) is 14.4 Å². The third-order valence-corrected chi connectivity index (χ3v) is 7.00. The maximum absolute atomic E-state index is 13.3. The number of thioether (sulfide) groups is 1. The number of amides is 2. The molecule has 10 heteroatoms. The predicted octanol–water partition coefficient (Wildman–Crippen LogP) is 5.30. The van der Waals surface area contributed by atoms with Crippen LogP contribution in [0.1, 0.15) is 22.3 Å². The van der Waals surface area contributed by atoms with E-state index in [1.807, 2.05) is 24.3 Å². The molecule has 1 N–H and O–H groups in total. The number of benzene rings is 3. The van der Waals surface area contributed by atoms with Crippen molar-refractivity contribution in [2.24, 2.45) is 4.99 Å². The van der Waals surface area contributed by atoms with Crippen LogP contribution in [-0.2, 0) is 20.9 Å². The number of nitrogens with zero attached hydrogens (tertiary/aromatic N) is 2. The van der Waals surface area contributed by atoms with E-state index in [4.69, 9.17) is 21.1 Å². The van der Waals surface area contributed by atoms with Crippen molar-refractivity contribution in [2.75, 3.05) is 19.5 Å². The van der Waals surface area contributed by atoms with E-state index in [0.717, 1.165) is 11.3 Å². The van der Waals surface area contributed by atoms with E-state index >= 15 is 0 Å². The van der Waals surface area contributed by atoms with Crippen molar-refractivity contribution in [3.63, 3.8) is 0 Å². The van der Waals surface area contributed by atoms with E-state index in [2.05, 4.69) is 10.3 Å². The average molecular weight is 538 g/mol. The molecule has 8 nitrogen and oxygen atoms in total. The summed E-state index contributed by atoms with van der Waals surface area (Å²) in [5, 5.41) is 3.11. The van der Waals surface area contributed by atoms with Crippen molar-refractivity contribution >= 4 is 57.7 Å². The summed E-state index contributed by atoms with van der Waals surface area (Å²) in [6, 6.07) is 20.7. The molecule has 1 aliphatic heterocycles. The monoisotopic (exact) mass is 537 g/mol. The molecule has 1 heterocycles. The highest BCUT2D eigenvalue weighted by Gasteiger charge is 2.36. The Bertz CT molecular complexity index is 1310. The van der Waals surface area contributed by atoms with Gasteiger partial charge in [-0.05, 0) is 66.2 Å². The minimum atomic E-state index is -0.689. The summed E-state index contributed by atoms with van der Waals surface area (Å²) in [7, 11) is 2.89. The van der Waals surface area contributed by atoms with Gasteiger partial charge in [-0.25, -0.2) is 9.79 Å². The maximum atomic E-state index is 13.3. The van der Waals surface area contributed by atoms with Crippen molar-refractivity contribution in [3.8, 4) is 5.75 Å². The van der Waals surface area contributed by atoms with Gasteiger partial charge in [0, 0.05) is 17.1 Å². The van der Waals surface area contributed by atoms with Gasteiger partial charge in [-0.2, -0.15) is 0 Å². The third kappa shape index (κ3) is 6.69. The first kappa shape index (κ1) is 26.2. The Balaban J connectivity index is 1.55. The Kier molecular flexibility index (Phi) is 8.47. The molecule has 1 fully saturated rings. The first-order chi connectivity index (χ1) is 17.9. The summed E-state index contributed by atoms with van der Waals surface area (Å²) in [5.41, 5.74) is 2.38. The standard InChI is InChI=1S/C27H24ClN3O5S/c1-35-22-13-3-17(4-14-22)16-31-24(32)15-23(37-27(31)30-21-11-7-19(28)8-12-21)25(33)29-20-9-5-18(6-10-20)26(34)36-2/h3-14,23H,15-16H2,1-2H3,(H,29,33). The number of ether oxygens (including phenoxy) is 2.